The van der Waals surface area contributed by atoms with Gasteiger partial charge in [0.2, 0.25) is 0 Å². The van der Waals surface area contributed by atoms with E-state index in [0.29, 0.717) is 0 Å². The molecule has 0 saturated carbocycles. The fourth-order valence-corrected chi connectivity index (χ4v) is 3.50. The van der Waals surface area contributed by atoms with Crippen LogP contribution < -0.4 is 5.73 Å². The molecule has 0 fully saturated rings. The molecule has 1 aliphatic carbocycles. The Labute approximate surface area is 115 Å². The van der Waals surface area contributed by atoms with Gasteiger partial charge < -0.3 is 10.3 Å². The van der Waals surface area contributed by atoms with Gasteiger partial charge in [-0.15, -0.1) is 0 Å². The van der Waals surface area contributed by atoms with Gasteiger partial charge in [0, 0.05) is 17.6 Å². The molecule has 0 radical (unpaired) electrons. The molecule has 0 saturated heterocycles. The number of benzene rings is 1. The van der Waals surface area contributed by atoms with Crippen molar-refractivity contribution in [1.29, 1.82) is 0 Å². The summed E-state index contributed by atoms with van der Waals surface area (Å²) in [5.74, 6) is 0. The number of aromatic nitrogens is 1. The van der Waals surface area contributed by atoms with Crippen LogP contribution >= 0.6 is 0 Å². The smallest absolute Gasteiger partial charge is 0.0517 e. The lowest BCUT2D eigenvalue weighted by molar-refractivity contribution is 0.595. The molecular formula is C17H24N2. The quantitative estimate of drug-likeness (QED) is 0.895. The molecule has 1 aromatic heterocycles. The topological polar surface area (TPSA) is 30.9 Å². The maximum atomic E-state index is 5.72. The zero-order valence-electron chi connectivity index (χ0n) is 12.1. The molecule has 19 heavy (non-hydrogen) atoms. The average Bonchev–Trinajstić information content (AvgIpc) is 2.75. The summed E-state index contributed by atoms with van der Waals surface area (Å²) in [4.78, 5) is 0. The van der Waals surface area contributed by atoms with Crippen LogP contribution in [0.4, 0.5) is 0 Å². The molecule has 0 spiro atoms. The molecule has 0 atom stereocenters. The van der Waals surface area contributed by atoms with Crippen molar-refractivity contribution < 1.29 is 0 Å². The van der Waals surface area contributed by atoms with E-state index in [1.807, 2.05) is 0 Å². The monoisotopic (exact) mass is 256 g/mol. The van der Waals surface area contributed by atoms with Crippen LogP contribution in [0.3, 0.4) is 0 Å². The Balaban J connectivity index is 2.27. The van der Waals surface area contributed by atoms with Gasteiger partial charge in [0.1, 0.15) is 0 Å². The van der Waals surface area contributed by atoms with E-state index >= 15 is 0 Å². The highest BCUT2D eigenvalue weighted by molar-refractivity contribution is 5.89. The molecule has 0 unspecified atom stereocenters. The summed E-state index contributed by atoms with van der Waals surface area (Å²) in [6, 6.07) is 4.61. The molecule has 1 heterocycles. The minimum Gasteiger partial charge on any atom is -0.344 e. The van der Waals surface area contributed by atoms with Crippen LogP contribution in [0.1, 0.15) is 41.6 Å². The number of nitrogens with zero attached hydrogens (tertiary/aromatic N) is 1. The molecule has 2 aromatic rings. The Morgan fingerprint density at radius 3 is 2.74 bits per heavy atom. The van der Waals surface area contributed by atoms with Crippen LogP contribution in [0.15, 0.2) is 12.1 Å². The normalized spacial score (nSPS) is 14.9. The van der Waals surface area contributed by atoms with E-state index in [0.717, 1.165) is 19.5 Å². The molecule has 2 heteroatoms. The molecule has 0 aliphatic heterocycles. The van der Waals surface area contributed by atoms with Gasteiger partial charge in [-0.25, -0.2) is 0 Å². The summed E-state index contributed by atoms with van der Waals surface area (Å²) in [7, 11) is 0. The van der Waals surface area contributed by atoms with Gasteiger partial charge in [0.15, 0.2) is 0 Å². The SMILES string of the molecule is Cc1ccc2c3c(n(CCCN)c2c1C)CCCC3. The van der Waals surface area contributed by atoms with Gasteiger partial charge in [-0.1, -0.05) is 12.1 Å². The van der Waals surface area contributed by atoms with Gasteiger partial charge in [-0.05, 0) is 69.2 Å². The van der Waals surface area contributed by atoms with Crippen LogP contribution in [0.2, 0.25) is 0 Å². The standard InChI is InChI=1S/C17H24N2/c1-12-8-9-15-14-6-3-4-7-16(14)19(11-5-10-18)17(15)13(12)2/h8-9H,3-7,10-11,18H2,1-2H3. The van der Waals surface area contributed by atoms with Crippen LogP contribution in [-0.2, 0) is 19.4 Å². The van der Waals surface area contributed by atoms with Crippen molar-refractivity contribution in [3.63, 3.8) is 0 Å². The lowest BCUT2D eigenvalue weighted by atomic mass is 9.94. The highest BCUT2D eigenvalue weighted by Crippen LogP contribution is 2.34. The zero-order chi connectivity index (χ0) is 13.4. The summed E-state index contributed by atoms with van der Waals surface area (Å²) in [6.07, 6.45) is 6.25. The van der Waals surface area contributed by atoms with Crippen molar-refractivity contribution in [2.75, 3.05) is 6.54 Å². The Bertz CT molecular complexity index is 607. The molecule has 2 nitrogen and oxygen atoms in total. The predicted octanol–water partition coefficient (Wildman–Crippen LogP) is 3.49. The van der Waals surface area contributed by atoms with Crippen molar-refractivity contribution in [2.45, 2.75) is 52.5 Å². The molecule has 102 valence electrons. The fourth-order valence-electron chi connectivity index (χ4n) is 3.50. The summed E-state index contributed by atoms with van der Waals surface area (Å²) in [5, 5.41) is 1.50. The Morgan fingerprint density at radius 1 is 1.16 bits per heavy atom. The largest absolute Gasteiger partial charge is 0.344 e. The average molecular weight is 256 g/mol. The fraction of sp³-hybridized carbons (Fsp3) is 0.529. The second kappa shape index (κ2) is 5.01. The first-order valence-electron chi connectivity index (χ1n) is 7.54. The van der Waals surface area contributed by atoms with Gasteiger partial charge in [0.25, 0.3) is 0 Å². The summed E-state index contributed by atoms with van der Waals surface area (Å²) >= 11 is 0. The van der Waals surface area contributed by atoms with E-state index in [1.54, 1.807) is 11.3 Å². The highest BCUT2D eigenvalue weighted by atomic mass is 15.0. The second-order valence-corrected chi connectivity index (χ2v) is 5.83. The van der Waals surface area contributed by atoms with Crippen molar-refractivity contribution in [3.8, 4) is 0 Å². The van der Waals surface area contributed by atoms with Crippen molar-refractivity contribution in [1.82, 2.24) is 4.57 Å². The van der Waals surface area contributed by atoms with Crippen LogP contribution in [0.5, 0.6) is 0 Å². The third kappa shape index (κ3) is 1.99. The lowest BCUT2D eigenvalue weighted by Crippen LogP contribution is -2.11. The maximum Gasteiger partial charge on any atom is 0.0517 e. The van der Waals surface area contributed by atoms with E-state index in [2.05, 4.69) is 30.5 Å². The first kappa shape index (κ1) is 12.7. The summed E-state index contributed by atoms with van der Waals surface area (Å²) in [5.41, 5.74) is 13.2. The number of hydrogen-bond acceptors (Lipinski definition) is 1. The number of aryl methyl sites for hydroxylation is 4. The van der Waals surface area contributed by atoms with Crippen molar-refractivity contribution in [3.05, 3.63) is 34.5 Å². The molecular weight excluding hydrogens is 232 g/mol. The van der Waals surface area contributed by atoms with Crippen molar-refractivity contribution in [2.24, 2.45) is 5.73 Å². The van der Waals surface area contributed by atoms with E-state index in [1.165, 1.54) is 47.7 Å². The van der Waals surface area contributed by atoms with Crippen LogP contribution in [-0.4, -0.2) is 11.1 Å². The molecule has 2 N–H and O–H groups in total. The minimum absolute atomic E-state index is 0.777. The van der Waals surface area contributed by atoms with E-state index in [4.69, 9.17) is 5.73 Å². The molecule has 0 amide bonds. The Kier molecular flexibility index (Phi) is 3.36. The van der Waals surface area contributed by atoms with Crippen LogP contribution in [0, 0.1) is 13.8 Å². The minimum atomic E-state index is 0.777. The second-order valence-electron chi connectivity index (χ2n) is 5.83. The molecule has 1 aliphatic rings. The van der Waals surface area contributed by atoms with Crippen LogP contribution in [0.25, 0.3) is 10.9 Å². The molecule has 0 bridgehead atoms. The predicted molar refractivity (Wildman–Crippen MR) is 81.7 cm³/mol. The maximum absolute atomic E-state index is 5.72. The zero-order valence-corrected chi connectivity index (χ0v) is 12.1. The third-order valence-corrected chi connectivity index (χ3v) is 4.65. The first-order chi connectivity index (χ1) is 9.24. The van der Waals surface area contributed by atoms with Gasteiger partial charge >= 0.3 is 0 Å². The lowest BCUT2D eigenvalue weighted by Gasteiger charge is -2.16. The van der Waals surface area contributed by atoms with E-state index in [9.17, 15) is 0 Å². The molecule has 3 rings (SSSR count). The Morgan fingerprint density at radius 2 is 1.95 bits per heavy atom. The number of nitrogens with two attached hydrogens (primary N) is 1. The Hall–Kier alpha value is -1.28. The van der Waals surface area contributed by atoms with Gasteiger partial charge in [-0.2, -0.15) is 0 Å². The highest BCUT2D eigenvalue weighted by Gasteiger charge is 2.20. The van der Waals surface area contributed by atoms with Crippen molar-refractivity contribution >= 4 is 10.9 Å². The van der Waals surface area contributed by atoms with E-state index in [-0.39, 0.29) is 0 Å². The third-order valence-electron chi connectivity index (χ3n) is 4.65. The van der Waals surface area contributed by atoms with Gasteiger partial charge in [0.05, 0.1) is 5.52 Å². The number of fused-ring (bicyclic) bond motifs is 3. The summed E-state index contributed by atoms with van der Waals surface area (Å²) < 4.78 is 2.57. The first-order valence-corrected chi connectivity index (χ1v) is 7.54. The molecule has 1 aromatic carbocycles. The summed E-state index contributed by atoms with van der Waals surface area (Å²) in [6.45, 7) is 6.34. The number of rotatable bonds is 3. The van der Waals surface area contributed by atoms with Gasteiger partial charge in [-0.3, -0.25) is 0 Å². The van der Waals surface area contributed by atoms with E-state index < -0.39 is 0 Å². The number of hydrogen-bond donors (Lipinski definition) is 1.